The summed E-state index contributed by atoms with van der Waals surface area (Å²) in [6, 6.07) is 23.9. The van der Waals surface area contributed by atoms with Crippen molar-refractivity contribution < 1.29 is 4.79 Å². The van der Waals surface area contributed by atoms with E-state index >= 15 is 0 Å². The smallest absolute Gasteiger partial charge is 0.232 e. The highest BCUT2D eigenvalue weighted by atomic mass is 16.1. The first-order valence-electron chi connectivity index (χ1n) is 8.61. The van der Waals surface area contributed by atoms with Crippen molar-refractivity contribution in [2.75, 3.05) is 6.54 Å². The van der Waals surface area contributed by atoms with Gasteiger partial charge in [-0.05, 0) is 35.6 Å². The number of aryl methyl sites for hydroxylation is 1. The Bertz CT molecular complexity index is 733. The lowest BCUT2D eigenvalue weighted by Crippen LogP contribution is -2.31. The highest BCUT2D eigenvalue weighted by Gasteiger charge is 2.21. The number of carbonyl (C=O) groups is 1. The van der Waals surface area contributed by atoms with Gasteiger partial charge >= 0.3 is 0 Å². The van der Waals surface area contributed by atoms with Gasteiger partial charge in [-0.15, -0.1) is 0 Å². The second kappa shape index (κ2) is 8.78. The number of hydrogen-bond acceptors (Lipinski definition) is 2. The van der Waals surface area contributed by atoms with Crippen LogP contribution in [-0.2, 0) is 11.2 Å². The van der Waals surface area contributed by atoms with Gasteiger partial charge in [0.1, 0.15) is 0 Å². The first-order chi connectivity index (χ1) is 12.3. The monoisotopic (exact) mass is 330 g/mol. The lowest BCUT2D eigenvalue weighted by Gasteiger charge is -2.18. The van der Waals surface area contributed by atoms with Crippen LogP contribution in [0.1, 0.15) is 29.0 Å². The quantitative estimate of drug-likeness (QED) is 0.666. The number of amides is 1. The Hall–Kier alpha value is -2.94. The van der Waals surface area contributed by atoms with Gasteiger partial charge in [0.05, 0.1) is 5.92 Å². The highest BCUT2D eigenvalue weighted by molar-refractivity contribution is 5.87. The lowest BCUT2D eigenvalue weighted by atomic mass is 9.90. The Kier molecular flexibility index (Phi) is 5.94. The van der Waals surface area contributed by atoms with Crippen LogP contribution in [0.5, 0.6) is 0 Å². The summed E-state index contributed by atoms with van der Waals surface area (Å²) in [6.45, 7) is 0.657. The third kappa shape index (κ3) is 4.77. The Morgan fingerprint density at radius 3 is 2.08 bits per heavy atom. The Labute approximate surface area is 148 Å². The summed E-state index contributed by atoms with van der Waals surface area (Å²) in [4.78, 5) is 17.0. The molecule has 0 bridgehead atoms. The van der Waals surface area contributed by atoms with Crippen LogP contribution in [0.15, 0.2) is 85.2 Å². The van der Waals surface area contributed by atoms with Gasteiger partial charge in [0.2, 0.25) is 5.91 Å². The minimum absolute atomic E-state index is 0.0450. The molecule has 126 valence electrons. The van der Waals surface area contributed by atoms with Gasteiger partial charge in [-0.3, -0.25) is 9.78 Å². The maximum atomic E-state index is 12.8. The lowest BCUT2D eigenvalue weighted by molar-refractivity contribution is -0.121. The molecule has 0 atom stereocenters. The van der Waals surface area contributed by atoms with E-state index < -0.39 is 0 Å². The summed E-state index contributed by atoms with van der Waals surface area (Å²) in [7, 11) is 0. The van der Waals surface area contributed by atoms with Crippen LogP contribution in [0.3, 0.4) is 0 Å². The van der Waals surface area contributed by atoms with Crippen molar-refractivity contribution in [3.63, 3.8) is 0 Å². The van der Waals surface area contributed by atoms with Crippen molar-refractivity contribution >= 4 is 5.91 Å². The van der Waals surface area contributed by atoms with E-state index in [0.717, 1.165) is 24.0 Å². The maximum absolute atomic E-state index is 12.8. The van der Waals surface area contributed by atoms with Crippen LogP contribution in [0, 0.1) is 0 Å². The molecule has 1 heterocycles. The number of nitrogens with one attached hydrogen (secondary N) is 1. The van der Waals surface area contributed by atoms with E-state index in [1.165, 1.54) is 5.56 Å². The van der Waals surface area contributed by atoms with E-state index in [9.17, 15) is 4.79 Å². The van der Waals surface area contributed by atoms with E-state index in [1.807, 2.05) is 72.9 Å². The van der Waals surface area contributed by atoms with Gasteiger partial charge in [-0.1, -0.05) is 66.7 Å². The van der Waals surface area contributed by atoms with Crippen molar-refractivity contribution in [1.82, 2.24) is 10.3 Å². The zero-order valence-corrected chi connectivity index (χ0v) is 14.1. The summed E-state index contributed by atoms with van der Waals surface area (Å²) in [5.74, 6) is -0.232. The molecule has 1 aromatic heterocycles. The molecule has 3 heteroatoms. The van der Waals surface area contributed by atoms with Crippen molar-refractivity contribution in [2.45, 2.75) is 18.8 Å². The van der Waals surface area contributed by atoms with Crippen LogP contribution >= 0.6 is 0 Å². The van der Waals surface area contributed by atoms with Crippen LogP contribution in [0.2, 0.25) is 0 Å². The SMILES string of the molecule is O=C(NCCCc1cccnc1)C(c1ccccc1)c1ccccc1. The van der Waals surface area contributed by atoms with Crippen LogP contribution < -0.4 is 5.32 Å². The van der Waals surface area contributed by atoms with E-state index in [2.05, 4.69) is 16.4 Å². The van der Waals surface area contributed by atoms with Gasteiger partial charge in [0, 0.05) is 18.9 Å². The van der Waals surface area contributed by atoms with E-state index in [1.54, 1.807) is 6.20 Å². The zero-order valence-electron chi connectivity index (χ0n) is 14.1. The van der Waals surface area contributed by atoms with Crippen LogP contribution in [0.4, 0.5) is 0 Å². The number of nitrogens with zero attached hydrogens (tertiary/aromatic N) is 1. The molecule has 0 aliphatic rings. The molecule has 0 unspecified atom stereocenters. The highest BCUT2D eigenvalue weighted by Crippen LogP contribution is 2.24. The average Bonchev–Trinajstić information content (AvgIpc) is 2.68. The normalized spacial score (nSPS) is 10.6. The minimum Gasteiger partial charge on any atom is -0.355 e. The molecule has 0 spiro atoms. The van der Waals surface area contributed by atoms with E-state index in [0.29, 0.717) is 6.54 Å². The average molecular weight is 330 g/mol. The molecule has 0 radical (unpaired) electrons. The fourth-order valence-corrected chi connectivity index (χ4v) is 2.94. The molecule has 25 heavy (non-hydrogen) atoms. The van der Waals surface area contributed by atoms with Gasteiger partial charge in [-0.25, -0.2) is 0 Å². The van der Waals surface area contributed by atoms with Gasteiger partial charge < -0.3 is 5.32 Å². The number of benzene rings is 2. The third-order valence-electron chi connectivity index (χ3n) is 4.19. The standard InChI is InChI=1S/C22H22N2O/c25-22(24-16-8-10-18-9-7-15-23-17-18)21(19-11-3-1-4-12-19)20-13-5-2-6-14-20/h1-7,9,11-15,17,21H,8,10,16H2,(H,24,25). The Balaban J connectivity index is 1.64. The van der Waals surface area contributed by atoms with Crippen LogP contribution in [-0.4, -0.2) is 17.4 Å². The molecule has 1 N–H and O–H groups in total. The molecule has 0 saturated carbocycles. The minimum atomic E-state index is -0.277. The third-order valence-corrected chi connectivity index (χ3v) is 4.19. The number of hydrogen-bond donors (Lipinski definition) is 1. The molecule has 3 rings (SSSR count). The molecule has 3 nitrogen and oxygen atoms in total. The molecule has 0 fully saturated rings. The Morgan fingerprint density at radius 1 is 0.880 bits per heavy atom. The molecule has 3 aromatic rings. The second-order valence-electron chi connectivity index (χ2n) is 6.01. The molecular weight excluding hydrogens is 308 g/mol. The second-order valence-corrected chi connectivity index (χ2v) is 6.01. The summed E-state index contributed by atoms with van der Waals surface area (Å²) in [5, 5.41) is 3.09. The zero-order chi connectivity index (χ0) is 17.3. The van der Waals surface area contributed by atoms with Gasteiger partial charge in [-0.2, -0.15) is 0 Å². The number of aromatic nitrogens is 1. The number of carbonyl (C=O) groups excluding carboxylic acids is 1. The molecule has 0 aliphatic carbocycles. The maximum Gasteiger partial charge on any atom is 0.232 e. The molecular formula is C22H22N2O. The topological polar surface area (TPSA) is 42.0 Å². The van der Waals surface area contributed by atoms with Crippen LogP contribution in [0.25, 0.3) is 0 Å². The summed E-state index contributed by atoms with van der Waals surface area (Å²) >= 11 is 0. The molecule has 0 saturated heterocycles. The van der Waals surface area contributed by atoms with Gasteiger partial charge in [0.25, 0.3) is 0 Å². The number of pyridine rings is 1. The fraction of sp³-hybridized carbons (Fsp3) is 0.182. The van der Waals surface area contributed by atoms with Crippen molar-refractivity contribution in [1.29, 1.82) is 0 Å². The fourth-order valence-electron chi connectivity index (χ4n) is 2.94. The predicted molar refractivity (Wildman–Crippen MR) is 100 cm³/mol. The number of rotatable bonds is 7. The van der Waals surface area contributed by atoms with Crippen molar-refractivity contribution in [3.8, 4) is 0 Å². The van der Waals surface area contributed by atoms with E-state index in [-0.39, 0.29) is 11.8 Å². The van der Waals surface area contributed by atoms with Crippen molar-refractivity contribution in [2.24, 2.45) is 0 Å². The summed E-state index contributed by atoms with van der Waals surface area (Å²) < 4.78 is 0. The Morgan fingerprint density at radius 2 is 1.52 bits per heavy atom. The largest absolute Gasteiger partial charge is 0.355 e. The molecule has 1 amide bonds. The summed E-state index contributed by atoms with van der Waals surface area (Å²) in [5.41, 5.74) is 3.22. The van der Waals surface area contributed by atoms with Gasteiger partial charge in [0.15, 0.2) is 0 Å². The summed E-state index contributed by atoms with van der Waals surface area (Å²) in [6.07, 6.45) is 5.46. The first kappa shape index (κ1) is 16.9. The predicted octanol–water partition coefficient (Wildman–Crippen LogP) is 3.96. The molecule has 2 aromatic carbocycles. The van der Waals surface area contributed by atoms with Crippen molar-refractivity contribution in [3.05, 3.63) is 102 Å². The first-order valence-corrected chi connectivity index (χ1v) is 8.61. The molecule has 0 aliphatic heterocycles. The van der Waals surface area contributed by atoms with E-state index in [4.69, 9.17) is 0 Å².